The average molecular weight is 407 g/mol. The van der Waals surface area contributed by atoms with Crippen molar-refractivity contribution in [3.8, 4) is 5.75 Å². The summed E-state index contributed by atoms with van der Waals surface area (Å²) in [5.74, 6) is 0.934. The third-order valence-electron chi connectivity index (χ3n) is 3.44. The molecule has 1 fully saturated rings. The van der Waals surface area contributed by atoms with Crippen LogP contribution in [0.2, 0.25) is 0 Å². The largest absolute Gasteiger partial charge is 0.492 e. The van der Waals surface area contributed by atoms with E-state index in [-0.39, 0.29) is 0 Å². The van der Waals surface area contributed by atoms with Gasteiger partial charge in [0, 0.05) is 29.2 Å². The minimum Gasteiger partial charge on any atom is -0.492 e. The zero-order chi connectivity index (χ0) is 14.5. The lowest BCUT2D eigenvalue weighted by Gasteiger charge is -2.28. The number of halogens is 2. The van der Waals surface area contributed by atoms with Gasteiger partial charge in [0.05, 0.1) is 17.2 Å². The molecule has 1 aliphatic heterocycles. The first kappa shape index (κ1) is 16.3. The van der Waals surface area contributed by atoms with Crippen molar-refractivity contribution in [1.82, 2.24) is 5.32 Å². The molecule has 0 saturated carbocycles. The lowest BCUT2D eigenvalue weighted by Crippen LogP contribution is -2.37. The molecule has 2 unspecified atom stereocenters. The van der Waals surface area contributed by atoms with Crippen molar-refractivity contribution in [3.05, 3.63) is 26.6 Å². The predicted molar refractivity (Wildman–Crippen MR) is 88.3 cm³/mol. The second-order valence-electron chi connectivity index (χ2n) is 5.09. The molecule has 0 radical (unpaired) electrons. The van der Waals surface area contributed by atoms with Crippen LogP contribution in [-0.2, 0) is 11.3 Å². The van der Waals surface area contributed by atoms with Crippen LogP contribution in [-0.4, -0.2) is 25.4 Å². The van der Waals surface area contributed by atoms with Crippen molar-refractivity contribution >= 4 is 31.9 Å². The van der Waals surface area contributed by atoms with E-state index in [0.29, 0.717) is 18.8 Å². The number of rotatable bonds is 5. The molecule has 112 valence electrons. The van der Waals surface area contributed by atoms with Crippen LogP contribution in [0.3, 0.4) is 0 Å². The summed E-state index contributed by atoms with van der Waals surface area (Å²) in [5, 5.41) is 3.62. The van der Waals surface area contributed by atoms with E-state index in [1.54, 1.807) is 0 Å². The molecule has 1 aromatic rings. The van der Waals surface area contributed by atoms with Gasteiger partial charge in [0.2, 0.25) is 0 Å². The fourth-order valence-corrected chi connectivity index (χ4v) is 3.92. The highest BCUT2D eigenvalue weighted by Gasteiger charge is 2.19. The Bertz CT molecular complexity index is 454. The fraction of sp³-hybridized carbons (Fsp3) is 0.600. The molecule has 1 aromatic carbocycles. The van der Waals surface area contributed by atoms with Gasteiger partial charge in [-0.3, -0.25) is 0 Å². The first-order valence-corrected chi connectivity index (χ1v) is 8.64. The van der Waals surface area contributed by atoms with Crippen molar-refractivity contribution in [2.24, 2.45) is 0 Å². The molecule has 0 amide bonds. The first-order chi connectivity index (χ1) is 9.60. The number of benzene rings is 1. The topological polar surface area (TPSA) is 30.5 Å². The van der Waals surface area contributed by atoms with Crippen molar-refractivity contribution in [2.45, 2.75) is 45.4 Å². The van der Waals surface area contributed by atoms with Gasteiger partial charge in [0.25, 0.3) is 0 Å². The number of ether oxygens (including phenoxy) is 2. The summed E-state index contributed by atoms with van der Waals surface area (Å²) in [4.78, 5) is 0. The summed E-state index contributed by atoms with van der Waals surface area (Å²) in [5.41, 5.74) is 1.17. The lowest BCUT2D eigenvalue weighted by atomic mass is 10.0. The van der Waals surface area contributed by atoms with Gasteiger partial charge in [-0.1, -0.05) is 15.9 Å². The molecule has 1 aliphatic rings. The van der Waals surface area contributed by atoms with Crippen LogP contribution in [0.15, 0.2) is 21.1 Å². The van der Waals surface area contributed by atoms with E-state index in [2.05, 4.69) is 50.2 Å². The van der Waals surface area contributed by atoms with Crippen molar-refractivity contribution in [2.75, 3.05) is 13.2 Å². The molecule has 0 bridgehead atoms. The molecule has 0 spiro atoms. The quantitative estimate of drug-likeness (QED) is 0.791. The molecule has 20 heavy (non-hydrogen) atoms. The highest BCUT2D eigenvalue weighted by molar-refractivity contribution is 9.11. The van der Waals surface area contributed by atoms with Crippen molar-refractivity contribution in [3.63, 3.8) is 0 Å². The van der Waals surface area contributed by atoms with Crippen LogP contribution in [0.25, 0.3) is 0 Å². The number of hydrogen-bond acceptors (Lipinski definition) is 3. The molecule has 0 aliphatic carbocycles. The minimum atomic E-state index is 0.349. The van der Waals surface area contributed by atoms with E-state index in [0.717, 1.165) is 40.7 Å². The molecular formula is C15H21Br2NO2. The Kier molecular flexibility index (Phi) is 6.33. The maximum atomic E-state index is 5.75. The summed E-state index contributed by atoms with van der Waals surface area (Å²) in [7, 11) is 0. The molecular weight excluding hydrogens is 386 g/mol. The van der Waals surface area contributed by atoms with Gasteiger partial charge in [-0.2, -0.15) is 0 Å². The smallest absolute Gasteiger partial charge is 0.138 e. The Morgan fingerprint density at radius 2 is 2.20 bits per heavy atom. The van der Waals surface area contributed by atoms with Crippen molar-refractivity contribution < 1.29 is 9.47 Å². The van der Waals surface area contributed by atoms with E-state index in [4.69, 9.17) is 9.47 Å². The van der Waals surface area contributed by atoms with Crippen LogP contribution in [0.4, 0.5) is 0 Å². The maximum absolute atomic E-state index is 5.75. The van der Waals surface area contributed by atoms with E-state index in [1.807, 2.05) is 13.0 Å². The molecule has 0 aromatic heterocycles. The van der Waals surface area contributed by atoms with Gasteiger partial charge in [0.1, 0.15) is 5.75 Å². The second kappa shape index (κ2) is 7.78. The Hall–Kier alpha value is -0.100. The highest BCUT2D eigenvalue weighted by atomic mass is 79.9. The summed E-state index contributed by atoms with van der Waals surface area (Å²) < 4.78 is 13.4. The molecule has 2 rings (SSSR count). The summed E-state index contributed by atoms with van der Waals surface area (Å²) >= 11 is 7.11. The van der Waals surface area contributed by atoms with Gasteiger partial charge in [0.15, 0.2) is 0 Å². The van der Waals surface area contributed by atoms with Gasteiger partial charge >= 0.3 is 0 Å². The zero-order valence-electron chi connectivity index (χ0n) is 11.9. The summed E-state index contributed by atoms with van der Waals surface area (Å²) in [6.45, 7) is 6.46. The molecule has 1 heterocycles. The first-order valence-electron chi connectivity index (χ1n) is 7.05. The Morgan fingerprint density at radius 1 is 1.40 bits per heavy atom. The van der Waals surface area contributed by atoms with Gasteiger partial charge in [-0.15, -0.1) is 0 Å². The summed E-state index contributed by atoms with van der Waals surface area (Å²) in [6, 6.07) is 4.65. The Balaban J connectivity index is 2.04. The summed E-state index contributed by atoms with van der Waals surface area (Å²) in [6.07, 6.45) is 2.49. The molecule has 3 nitrogen and oxygen atoms in total. The van der Waals surface area contributed by atoms with Gasteiger partial charge in [-0.25, -0.2) is 0 Å². The zero-order valence-corrected chi connectivity index (χ0v) is 15.1. The third kappa shape index (κ3) is 4.45. The van der Waals surface area contributed by atoms with Crippen LogP contribution < -0.4 is 10.1 Å². The van der Waals surface area contributed by atoms with Crippen LogP contribution in [0.1, 0.15) is 32.3 Å². The Morgan fingerprint density at radius 3 is 2.90 bits per heavy atom. The van der Waals surface area contributed by atoms with Crippen LogP contribution in [0, 0.1) is 0 Å². The van der Waals surface area contributed by atoms with E-state index >= 15 is 0 Å². The third-order valence-corrected chi connectivity index (χ3v) is 4.49. The Labute approximate surface area is 137 Å². The van der Waals surface area contributed by atoms with Crippen LogP contribution >= 0.6 is 31.9 Å². The van der Waals surface area contributed by atoms with Crippen molar-refractivity contribution in [1.29, 1.82) is 0 Å². The van der Waals surface area contributed by atoms with E-state index < -0.39 is 0 Å². The molecule has 1 saturated heterocycles. The number of nitrogens with one attached hydrogen (secondary N) is 1. The SMILES string of the molecule is CCOc1c(Br)cc(Br)cc1CNC1CCOC(C)C1. The van der Waals surface area contributed by atoms with Gasteiger partial charge in [-0.05, 0) is 54.8 Å². The number of hydrogen-bond donors (Lipinski definition) is 1. The maximum Gasteiger partial charge on any atom is 0.138 e. The fourth-order valence-electron chi connectivity index (χ4n) is 2.49. The van der Waals surface area contributed by atoms with E-state index in [1.165, 1.54) is 5.56 Å². The molecule has 5 heteroatoms. The normalized spacial score (nSPS) is 22.8. The molecule has 1 N–H and O–H groups in total. The predicted octanol–water partition coefficient (Wildman–Crippen LogP) is 4.27. The van der Waals surface area contributed by atoms with Gasteiger partial charge < -0.3 is 14.8 Å². The molecule has 2 atom stereocenters. The minimum absolute atomic E-state index is 0.349. The standard InChI is InChI=1S/C15H21Br2NO2/c1-3-19-15-11(7-12(16)8-14(15)17)9-18-13-4-5-20-10(2)6-13/h7-8,10,13,18H,3-6,9H2,1-2H3. The second-order valence-corrected chi connectivity index (χ2v) is 6.86. The monoisotopic (exact) mass is 405 g/mol. The highest BCUT2D eigenvalue weighted by Crippen LogP contribution is 2.33. The van der Waals surface area contributed by atoms with E-state index in [9.17, 15) is 0 Å². The average Bonchev–Trinajstić information content (AvgIpc) is 2.40. The van der Waals surface area contributed by atoms with Crippen LogP contribution in [0.5, 0.6) is 5.75 Å². The lowest BCUT2D eigenvalue weighted by molar-refractivity contribution is 0.0130.